The summed E-state index contributed by atoms with van der Waals surface area (Å²) in [6, 6.07) is 16.3. The molecule has 1 saturated heterocycles. The highest BCUT2D eigenvalue weighted by Gasteiger charge is 2.16. The van der Waals surface area contributed by atoms with Crippen molar-refractivity contribution in [2.45, 2.75) is 32.0 Å². The van der Waals surface area contributed by atoms with E-state index in [1.807, 2.05) is 37.4 Å². The van der Waals surface area contributed by atoms with Crippen LogP contribution in [0.3, 0.4) is 0 Å². The lowest BCUT2D eigenvalue weighted by atomic mass is 9.97. The van der Waals surface area contributed by atoms with Crippen molar-refractivity contribution in [1.29, 1.82) is 0 Å². The topological polar surface area (TPSA) is 57.2 Å². The van der Waals surface area contributed by atoms with Gasteiger partial charge in [0.05, 0.1) is 7.11 Å². The molecule has 2 aromatic rings. The smallest absolute Gasteiger partial charge is 0.161 e. The average molecular weight is 442 g/mol. The van der Waals surface area contributed by atoms with E-state index in [4.69, 9.17) is 9.47 Å². The first-order chi connectivity index (χ1) is 15.5. The van der Waals surface area contributed by atoms with E-state index in [0.29, 0.717) is 18.0 Å². The third-order valence-corrected chi connectivity index (χ3v) is 6.08. The Morgan fingerprint density at radius 2 is 1.84 bits per heavy atom. The lowest BCUT2D eigenvalue weighted by molar-refractivity contribution is 0.0732. The summed E-state index contributed by atoms with van der Waals surface area (Å²) in [7, 11) is 5.85. The van der Waals surface area contributed by atoms with Crippen LogP contribution in [0.2, 0.25) is 0 Å². The Hall–Kier alpha value is -2.12. The van der Waals surface area contributed by atoms with Gasteiger partial charge in [0.1, 0.15) is 12.7 Å². The molecule has 0 aromatic heterocycles. The van der Waals surface area contributed by atoms with Gasteiger partial charge in [0.2, 0.25) is 0 Å². The van der Waals surface area contributed by atoms with E-state index in [9.17, 15) is 5.11 Å². The number of benzene rings is 2. The fourth-order valence-electron chi connectivity index (χ4n) is 4.19. The van der Waals surface area contributed by atoms with Crippen molar-refractivity contribution >= 4 is 0 Å². The molecule has 6 heteroatoms. The summed E-state index contributed by atoms with van der Waals surface area (Å²) in [5, 5.41) is 14.1. The first-order valence-electron chi connectivity index (χ1n) is 11.6. The Kier molecular flexibility index (Phi) is 9.81. The molecule has 6 nitrogen and oxygen atoms in total. The van der Waals surface area contributed by atoms with Crippen molar-refractivity contribution in [3.8, 4) is 11.5 Å². The second kappa shape index (κ2) is 12.8. The van der Waals surface area contributed by atoms with Crippen molar-refractivity contribution in [3.63, 3.8) is 0 Å². The van der Waals surface area contributed by atoms with Gasteiger partial charge >= 0.3 is 0 Å². The standard InChI is InChI=1S/C26H39N3O3/c1-28-13-11-21(12-14-28)16-27-17-23-9-10-25(31-3)26(15-23)32-20-24(30)19-29(2)18-22-7-5-4-6-8-22/h4-10,15,21,24,27,30H,11-14,16-20H2,1-3H3/t24-/m1/s1. The lowest BCUT2D eigenvalue weighted by Crippen LogP contribution is -2.34. The summed E-state index contributed by atoms with van der Waals surface area (Å²) in [5.41, 5.74) is 2.38. The molecule has 1 aliphatic rings. The number of likely N-dealkylation sites (N-methyl/N-ethyl adjacent to an activating group) is 1. The number of likely N-dealkylation sites (tertiary alicyclic amines) is 1. The summed E-state index contributed by atoms with van der Waals surface area (Å²) in [4.78, 5) is 4.50. The van der Waals surface area contributed by atoms with Crippen LogP contribution in [0, 0.1) is 5.92 Å². The van der Waals surface area contributed by atoms with Gasteiger partial charge in [0, 0.05) is 19.6 Å². The molecule has 2 N–H and O–H groups in total. The second-order valence-electron chi connectivity index (χ2n) is 9.01. The van der Waals surface area contributed by atoms with Gasteiger partial charge in [-0.2, -0.15) is 0 Å². The van der Waals surface area contributed by atoms with Crippen LogP contribution in [0.5, 0.6) is 11.5 Å². The number of nitrogens with zero attached hydrogens (tertiary/aromatic N) is 2. The Bertz CT molecular complexity index is 794. The van der Waals surface area contributed by atoms with Gasteiger partial charge in [-0.25, -0.2) is 0 Å². The summed E-state index contributed by atoms with van der Waals surface area (Å²) < 4.78 is 11.4. The van der Waals surface area contributed by atoms with Crippen molar-refractivity contribution < 1.29 is 14.6 Å². The van der Waals surface area contributed by atoms with Crippen molar-refractivity contribution in [2.24, 2.45) is 5.92 Å². The summed E-state index contributed by atoms with van der Waals surface area (Å²) in [6.07, 6.45) is 1.94. The monoisotopic (exact) mass is 441 g/mol. The number of ether oxygens (including phenoxy) is 2. The van der Waals surface area contributed by atoms with Crippen molar-refractivity contribution in [2.75, 3.05) is 54.0 Å². The Balaban J connectivity index is 1.45. The zero-order valence-electron chi connectivity index (χ0n) is 19.8. The minimum absolute atomic E-state index is 0.224. The molecule has 0 unspecified atom stereocenters. The van der Waals surface area contributed by atoms with Crippen LogP contribution in [0.1, 0.15) is 24.0 Å². The summed E-state index contributed by atoms with van der Waals surface area (Å²) >= 11 is 0. The number of methoxy groups -OCH3 is 1. The van der Waals surface area contributed by atoms with E-state index in [0.717, 1.165) is 31.1 Å². The molecule has 1 fully saturated rings. The van der Waals surface area contributed by atoms with E-state index in [2.05, 4.69) is 40.4 Å². The quantitative estimate of drug-likeness (QED) is 0.528. The van der Waals surface area contributed by atoms with Gasteiger partial charge in [-0.15, -0.1) is 0 Å². The molecule has 0 bridgehead atoms. The first kappa shape index (κ1) is 24.5. The van der Waals surface area contributed by atoms with Crippen LogP contribution < -0.4 is 14.8 Å². The van der Waals surface area contributed by atoms with Crippen LogP contribution >= 0.6 is 0 Å². The third kappa shape index (κ3) is 8.10. The van der Waals surface area contributed by atoms with Gasteiger partial charge in [-0.05, 0) is 75.7 Å². The third-order valence-electron chi connectivity index (χ3n) is 6.08. The molecule has 0 radical (unpaired) electrons. The molecular formula is C26H39N3O3. The van der Waals surface area contributed by atoms with E-state index in [-0.39, 0.29) is 6.61 Å². The molecule has 3 rings (SSSR count). The molecular weight excluding hydrogens is 402 g/mol. The molecule has 32 heavy (non-hydrogen) atoms. The predicted molar refractivity (Wildman–Crippen MR) is 129 cm³/mol. The fraction of sp³-hybridized carbons (Fsp3) is 0.538. The van der Waals surface area contributed by atoms with Gasteiger partial charge in [0.15, 0.2) is 11.5 Å². The van der Waals surface area contributed by atoms with E-state index in [1.54, 1.807) is 7.11 Å². The highest BCUT2D eigenvalue weighted by molar-refractivity contribution is 5.43. The highest BCUT2D eigenvalue weighted by atomic mass is 16.5. The SMILES string of the molecule is COc1ccc(CNCC2CCN(C)CC2)cc1OC[C@H](O)CN(C)Cc1ccccc1. The highest BCUT2D eigenvalue weighted by Crippen LogP contribution is 2.28. The van der Waals surface area contributed by atoms with E-state index < -0.39 is 6.10 Å². The molecule has 0 amide bonds. The number of piperidine rings is 1. The Morgan fingerprint density at radius 1 is 1.09 bits per heavy atom. The zero-order valence-corrected chi connectivity index (χ0v) is 19.8. The maximum Gasteiger partial charge on any atom is 0.161 e. The second-order valence-corrected chi connectivity index (χ2v) is 9.01. The van der Waals surface area contributed by atoms with Gasteiger partial charge in [-0.3, -0.25) is 4.90 Å². The molecule has 0 saturated carbocycles. The number of rotatable bonds is 12. The van der Waals surface area contributed by atoms with Crippen LogP contribution in [-0.4, -0.2) is 75.0 Å². The van der Waals surface area contributed by atoms with E-state index in [1.165, 1.54) is 31.5 Å². The number of hydrogen-bond donors (Lipinski definition) is 2. The normalized spacial score (nSPS) is 16.3. The number of hydrogen-bond acceptors (Lipinski definition) is 6. The molecule has 1 aliphatic heterocycles. The maximum absolute atomic E-state index is 10.5. The molecule has 1 heterocycles. The number of nitrogens with one attached hydrogen (secondary N) is 1. The summed E-state index contributed by atoms with van der Waals surface area (Å²) in [6.45, 7) is 5.78. The molecule has 176 valence electrons. The molecule has 1 atom stereocenters. The molecule has 2 aromatic carbocycles. The predicted octanol–water partition coefficient (Wildman–Crippen LogP) is 3.00. The first-order valence-corrected chi connectivity index (χ1v) is 11.6. The number of aliphatic hydroxyl groups is 1. The fourth-order valence-corrected chi connectivity index (χ4v) is 4.19. The maximum atomic E-state index is 10.5. The van der Waals surface area contributed by atoms with Crippen LogP contribution in [-0.2, 0) is 13.1 Å². The minimum Gasteiger partial charge on any atom is -0.493 e. The van der Waals surface area contributed by atoms with Gasteiger partial charge in [-0.1, -0.05) is 36.4 Å². The molecule has 0 aliphatic carbocycles. The lowest BCUT2D eigenvalue weighted by Gasteiger charge is -2.29. The van der Waals surface area contributed by atoms with Gasteiger partial charge in [0.25, 0.3) is 0 Å². The van der Waals surface area contributed by atoms with Crippen molar-refractivity contribution in [1.82, 2.24) is 15.1 Å². The van der Waals surface area contributed by atoms with Crippen LogP contribution in [0.4, 0.5) is 0 Å². The van der Waals surface area contributed by atoms with Crippen molar-refractivity contribution in [3.05, 3.63) is 59.7 Å². The van der Waals surface area contributed by atoms with Gasteiger partial charge < -0.3 is 24.8 Å². The Morgan fingerprint density at radius 3 is 2.56 bits per heavy atom. The average Bonchev–Trinajstić information content (AvgIpc) is 2.79. The Labute approximate surface area is 193 Å². The zero-order chi connectivity index (χ0) is 22.8. The van der Waals surface area contributed by atoms with Crippen LogP contribution in [0.25, 0.3) is 0 Å². The molecule has 0 spiro atoms. The largest absolute Gasteiger partial charge is 0.493 e. The number of aliphatic hydroxyl groups excluding tert-OH is 1. The van der Waals surface area contributed by atoms with E-state index >= 15 is 0 Å². The minimum atomic E-state index is -0.584. The summed E-state index contributed by atoms with van der Waals surface area (Å²) in [5.74, 6) is 2.12. The van der Waals surface area contributed by atoms with Crippen LogP contribution in [0.15, 0.2) is 48.5 Å².